The lowest BCUT2D eigenvalue weighted by atomic mass is 9.98. The van der Waals surface area contributed by atoms with E-state index in [2.05, 4.69) is 16.9 Å². The molecule has 1 aliphatic heterocycles. The molecule has 1 aliphatic rings. The highest BCUT2D eigenvalue weighted by atomic mass is 19.4. The molecule has 33 heavy (non-hydrogen) atoms. The minimum atomic E-state index is -4.52. The molecule has 9 heteroatoms. The van der Waals surface area contributed by atoms with Gasteiger partial charge in [0.1, 0.15) is 12.4 Å². The third kappa shape index (κ3) is 5.91. The summed E-state index contributed by atoms with van der Waals surface area (Å²) in [5.74, 6) is 0.659. The molecule has 0 spiro atoms. The third-order valence-corrected chi connectivity index (χ3v) is 5.32. The van der Waals surface area contributed by atoms with Crippen molar-refractivity contribution in [3.8, 4) is 6.01 Å². The number of hydrogen-bond donors (Lipinski definition) is 0. The fourth-order valence-corrected chi connectivity index (χ4v) is 3.43. The van der Waals surface area contributed by atoms with Crippen molar-refractivity contribution >= 4 is 11.7 Å². The van der Waals surface area contributed by atoms with E-state index in [1.165, 1.54) is 0 Å². The molecule has 1 aromatic carbocycles. The van der Waals surface area contributed by atoms with Crippen LogP contribution in [0.1, 0.15) is 48.7 Å². The zero-order chi connectivity index (χ0) is 24.0. The number of halogens is 3. The maximum absolute atomic E-state index is 13.4. The van der Waals surface area contributed by atoms with Crippen molar-refractivity contribution in [1.82, 2.24) is 14.9 Å². The van der Waals surface area contributed by atoms with Gasteiger partial charge in [0.2, 0.25) is 0 Å². The summed E-state index contributed by atoms with van der Waals surface area (Å²) in [4.78, 5) is 22.3. The van der Waals surface area contributed by atoms with E-state index in [0.29, 0.717) is 35.8 Å². The molecule has 0 saturated heterocycles. The van der Waals surface area contributed by atoms with Crippen molar-refractivity contribution in [2.75, 3.05) is 13.2 Å². The summed E-state index contributed by atoms with van der Waals surface area (Å²) in [6.07, 6.45) is 3.34. The highest BCUT2D eigenvalue weighted by molar-refractivity contribution is 5.99. The number of nitrogens with zero attached hydrogens (tertiary/aromatic N) is 3. The van der Waals surface area contributed by atoms with Crippen LogP contribution in [0.3, 0.4) is 0 Å². The first-order chi connectivity index (χ1) is 15.7. The lowest BCUT2D eigenvalue weighted by molar-refractivity contribution is -0.138. The minimum absolute atomic E-state index is 0.0208. The van der Waals surface area contributed by atoms with E-state index in [4.69, 9.17) is 9.47 Å². The molecule has 2 aromatic rings. The predicted octanol–water partition coefficient (Wildman–Crippen LogP) is 5.34. The van der Waals surface area contributed by atoms with Gasteiger partial charge in [-0.1, -0.05) is 25.1 Å². The Morgan fingerprint density at radius 3 is 2.55 bits per heavy atom. The van der Waals surface area contributed by atoms with Gasteiger partial charge >= 0.3 is 12.2 Å². The number of alkyl halides is 3. The minimum Gasteiger partial charge on any atom is -0.465 e. The molecule has 2 unspecified atom stereocenters. The second-order valence-electron chi connectivity index (χ2n) is 7.60. The van der Waals surface area contributed by atoms with Crippen molar-refractivity contribution in [2.24, 2.45) is 5.92 Å². The van der Waals surface area contributed by atoms with Crippen LogP contribution in [0.15, 0.2) is 55.1 Å². The van der Waals surface area contributed by atoms with E-state index >= 15 is 0 Å². The Morgan fingerprint density at radius 2 is 1.91 bits per heavy atom. The molecular formula is C24H26F3N3O3. The summed E-state index contributed by atoms with van der Waals surface area (Å²) >= 11 is 0. The fraction of sp³-hybridized carbons (Fsp3) is 0.375. The zero-order valence-corrected chi connectivity index (χ0v) is 18.7. The summed E-state index contributed by atoms with van der Waals surface area (Å²) in [6, 6.07) is 6.66. The Kier molecular flexibility index (Phi) is 7.73. The molecule has 0 saturated carbocycles. The van der Waals surface area contributed by atoms with Crippen LogP contribution >= 0.6 is 0 Å². The number of rotatable bonds is 8. The van der Waals surface area contributed by atoms with E-state index < -0.39 is 11.7 Å². The van der Waals surface area contributed by atoms with E-state index in [1.807, 2.05) is 31.2 Å². The molecule has 3 rings (SSSR count). The monoisotopic (exact) mass is 461 g/mol. The van der Waals surface area contributed by atoms with Gasteiger partial charge in [0, 0.05) is 30.4 Å². The van der Waals surface area contributed by atoms with Crippen LogP contribution in [0.4, 0.5) is 13.2 Å². The van der Waals surface area contributed by atoms with Crippen LogP contribution in [0.5, 0.6) is 6.01 Å². The van der Waals surface area contributed by atoms with Gasteiger partial charge in [0.25, 0.3) is 5.91 Å². The molecule has 0 radical (unpaired) electrons. The summed E-state index contributed by atoms with van der Waals surface area (Å²) in [5, 5.41) is 0. The number of amides is 1. The molecule has 1 aromatic heterocycles. The average molecular weight is 461 g/mol. The normalized spacial score (nSPS) is 16.5. The van der Waals surface area contributed by atoms with Crippen molar-refractivity contribution in [3.05, 3.63) is 71.8 Å². The van der Waals surface area contributed by atoms with Crippen molar-refractivity contribution in [3.63, 3.8) is 0 Å². The fourth-order valence-electron chi connectivity index (χ4n) is 3.43. The summed E-state index contributed by atoms with van der Waals surface area (Å²) in [6.45, 7) is 6.14. The largest absolute Gasteiger partial charge is 0.465 e. The first kappa shape index (κ1) is 24.3. The van der Waals surface area contributed by atoms with E-state index in [1.54, 1.807) is 30.2 Å². The Labute approximate surface area is 190 Å². The van der Waals surface area contributed by atoms with Crippen molar-refractivity contribution in [2.45, 2.75) is 39.4 Å². The Morgan fingerprint density at radius 1 is 1.21 bits per heavy atom. The topological polar surface area (TPSA) is 64.5 Å². The van der Waals surface area contributed by atoms with E-state index in [-0.39, 0.29) is 30.5 Å². The number of allylic oxidation sites excluding steroid dienone is 2. The van der Waals surface area contributed by atoms with Gasteiger partial charge in [-0.05, 0) is 38.5 Å². The maximum Gasteiger partial charge on any atom is 0.419 e. The van der Waals surface area contributed by atoms with Crippen LogP contribution < -0.4 is 4.74 Å². The molecule has 1 amide bonds. The molecule has 0 bridgehead atoms. The van der Waals surface area contributed by atoms with Gasteiger partial charge < -0.3 is 14.4 Å². The first-order valence-electron chi connectivity index (χ1n) is 10.7. The Balaban J connectivity index is 1.73. The number of ether oxygens (including phenoxy) is 2. The molecule has 0 N–H and O–H groups in total. The number of aromatic nitrogens is 2. The molecule has 6 nitrogen and oxygen atoms in total. The van der Waals surface area contributed by atoms with Gasteiger partial charge in [0.05, 0.1) is 23.4 Å². The highest BCUT2D eigenvalue weighted by Gasteiger charge is 2.31. The van der Waals surface area contributed by atoms with E-state index in [0.717, 1.165) is 6.42 Å². The lowest BCUT2D eigenvalue weighted by Crippen LogP contribution is -2.42. The van der Waals surface area contributed by atoms with Crippen molar-refractivity contribution < 1.29 is 27.4 Å². The summed E-state index contributed by atoms with van der Waals surface area (Å²) < 4.78 is 49.1. The molecule has 2 atom stereocenters. The van der Waals surface area contributed by atoms with Crippen molar-refractivity contribution in [1.29, 1.82) is 0 Å². The number of benzene rings is 1. The van der Waals surface area contributed by atoms with Gasteiger partial charge in [-0.15, -0.1) is 0 Å². The standard InChI is InChI=1S/C24H26F3N3O3/c1-4-17-10-11-32-21(12-17)19-8-6-7-9-20(19)22(31)30(5-2)16(3)15-33-23-28-13-18(14-29-23)24(25,26)27/h6-14,16-17H,4-5,15H2,1-3H3. The molecule has 0 fully saturated rings. The second-order valence-corrected chi connectivity index (χ2v) is 7.60. The van der Waals surface area contributed by atoms with E-state index in [9.17, 15) is 18.0 Å². The summed E-state index contributed by atoms with van der Waals surface area (Å²) in [5.41, 5.74) is 0.237. The van der Waals surface area contributed by atoms with Crippen LogP contribution in [0.2, 0.25) is 0 Å². The number of carbonyl (C=O) groups excluding carboxylic acids is 1. The zero-order valence-electron chi connectivity index (χ0n) is 18.7. The third-order valence-electron chi connectivity index (χ3n) is 5.32. The Hall–Kier alpha value is -3.36. The predicted molar refractivity (Wildman–Crippen MR) is 117 cm³/mol. The molecule has 2 heterocycles. The number of likely N-dealkylation sites (N-methyl/N-ethyl adjacent to an activating group) is 1. The van der Waals surface area contributed by atoms with Crippen LogP contribution in [0.25, 0.3) is 5.76 Å². The number of hydrogen-bond acceptors (Lipinski definition) is 5. The molecule has 176 valence electrons. The smallest absolute Gasteiger partial charge is 0.419 e. The lowest BCUT2D eigenvalue weighted by Gasteiger charge is -2.29. The quantitative estimate of drug-likeness (QED) is 0.531. The van der Waals surface area contributed by atoms with Gasteiger partial charge in [-0.2, -0.15) is 13.2 Å². The second kappa shape index (κ2) is 10.5. The Bertz CT molecular complexity index is 1020. The average Bonchev–Trinajstić information content (AvgIpc) is 2.83. The highest BCUT2D eigenvalue weighted by Crippen LogP contribution is 2.29. The summed E-state index contributed by atoms with van der Waals surface area (Å²) in [7, 11) is 0. The first-order valence-corrected chi connectivity index (χ1v) is 10.7. The van der Waals surface area contributed by atoms with Gasteiger partial charge in [-0.3, -0.25) is 4.79 Å². The SMILES string of the molecule is CCC1C=COC(c2ccccc2C(=O)N(CC)C(C)COc2ncc(C(F)(F)F)cn2)=C1. The molecule has 0 aliphatic carbocycles. The van der Waals surface area contributed by atoms with Crippen LogP contribution in [-0.4, -0.2) is 40.0 Å². The van der Waals surface area contributed by atoms with Gasteiger partial charge in [0.15, 0.2) is 0 Å². The van der Waals surface area contributed by atoms with Gasteiger partial charge in [-0.25, -0.2) is 9.97 Å². The maximum atomic E-state index is 13.4. The molecular weight excluding hydrogens is 435 g/mol. The number of carbonyl (C=O) groups is 1. The van der Waals surface area contributed by atoms with Crippen LogP contribution in [0, 0.1) is 5.92 Å². The van der Waals surface area contributed by atoms with Crippen LogP contribution in [-0.2, 0) is 10.9 Å².